The molecule has 1 N–H and O–H groups in total. The maximum atomic E-state index is 12.6. The molecule has 1 aliphatic heterocycles. The highest BCUT2D eigenvalue weighted by molar-refractivity contribution is 5.95. The molecule has 0 radical (unpaired) electrons. The van der Waals surface area contributed by atoms with Crippen LogP contribution in [0.2, 0.25) is 0 Å². The van der Waals surface area contributed by atoms with E-state index in [2.05, 4.69) is 15.3 Å². The Balaban J connectivity index is 1.51. The Morgan fingerprint density at radius 1 is 1.14 bits per heavy atom. The third-order valence-corrected chi connectivity index (χ3v) is 4.54. The molecule has 2 aromatic heterocycles. The Bertz CT molecular complexity index is 1030. The van der Waals surface area contributed by atoms with Gasteiger partial charge in [0, 0.05) is 24.2 Å². The van der Waals surface area contributed by atoms with E-state index >= 15 is 0 Å². The minimum absolute atomic E-state index is 0.0507. The number of pyridine rings is 2. The molecule has 9 heteroatoms. The second-order valence-electron chi connectivity index (χ2n) is 6.62. The second kappa shape index (κ2) is 7.67. The van der Waals surface area contributed by atoms with E-state index in [4.69, 9.17) is 4.74 Å². The number of halogens is 3. The number of amides is 1. The zero-order chi connectivity index (χ0) is 20.4. The molecule has 1 saturated heterocycles. The van der Waals surface area contributed by atoms with Gasteiger partial charge in [-0.2, -0.15) is 13.2 Å². The Hall–Kier alpha value is -3.20. The number of alkyl halides is 3. The average molecular weight is 402 g/mol. The van der Waals surface area contributed by atoms with Crippen molar-refractivity contribution in [3.05, 3.63) is 59.9 Å². The first kappa shape index (κ1) is 19.1. The number of nitrogens with zero attached hydrogens (tertiary/aromatic N) is 3. The summed E-state index contributed by atoms with van der Waals surface area (Å²) in [5, 5.41) is 3.90. The van der Waals surface area contributed by atoms with E-state index in [1.807, 2.05) is 0 Å². The van der Waals surface area contributed by atoms with E-state index in [9.17, 15) is 18.0 Å². The SMILES string of the molecule is O=C(c1ccc2cc(Oc3ccc(C(F)(F)F)cn3)ccc2n1)N1CCCNC1. The van der Waals surface area contributed by atoms with Crippen molar-refractivity contribution in [2.45, 2.75) is 12.6 Å². The van der Waals surface area contributed by atoms with Crippen LogP contribution in [0.4, 0.5) is 13.2 Å². The maximum Gasteiger partial charge on any atom is 0.417 e. The monoisotopic (exact) mass is 402 g/mol. The van der Waals surface area contributed by atoms with Crippen molar-refractivity contribution < 1.29 is 22.7 Å². The number of benzene rings is 1. The van der Waals surface area contributed by atoms with Crippen molar-refractivity contribution in [1.82, 2.24) is 20.2 Å². The number of ether oxygens (including phenoxy) is 1. The van der Waals surface area contributed by atoms with Crippen LogP contribution in [0, 0.1) is 0 Å². The van der Waals surface area contributed by atoms with Crippen LogP contribution >= 0.6 is 0 Å². The summed E-state index contributed by atoms with van der Waals surface area (Å²) in [5.74, 6) is 0.328. The molecule has 0 bridgehead atoms. The minimum atomic E-state index is -4.44. The Morgan fingerprint density at radius 3 is 2.69 bits per heavy atom. The summed E-state index contributed by atoms with van der Waals surface area (Å²) in [6.45, 7) is 2.09. The second-order valence-corrected chi connectivity index (χ2v) is 6.62. The van der Waals surface area contributed by atoms with Crippen molar-refractivity contribution in [2.75, 3.05) is 19.8 Å². The molecule has 150 valence electrons. The van der Waals surface area contributed by atoms with E-state index in [-0.39, 0.29) is 11.8 Å². The van der Waals surface area contributed by atoms with Gasteiger partial charge in [0.25, 0.3) is 5.91 Å². The van der Waals surface area contributed by atoms with E-state index in [0.29, 0.717) is 30.2 Å². The van der Waals surface area contributed by atoms with Gasteiger partial charge in [-0.1, -0.05) is 6.07 Å². The minimum Gasteiger partial charge on any atom is -0.439 e. The van der Waals surface area contributed by atoms with E-state index in [1.54, 1.807) is 35.2 Å². The molecule has 1 amide bonds. The maximum absolute atomic E-state index is 12.6. The Labute approximate surface area is 164 Å². The molecule has 3 aromatic rings. The van der Waals surface area contributed by atoms with Gasteiger partial charge in [0.15, 0.2) is 0 Å². The van der Waals surface area contributed by atoms with Crippen LogP contribution in [0.5, 0.6) is 11.6 Å². The molecule has 29 heavy (non-hydrogen) atoms. The number of hydrogen-bond donors (Lipinski definition) is 1. The summed E-state index contributed by atoms with van der Waals surface area (Å²) in [7, 11) is 0. The fourth-order valence-electron chi connectivity index (χ4n) is 3.04. The van der Waals surface area contributed by atoms with Gasteiger partial charge in [0.2, 0.25) is 5.88 Å². The highest BCUT2D eigenvalue weighted by Crippen LogP contribution is 2.30. The van der Waals surface area contributed by atoms with Gasteiger partial charge >= 0.3 is 6.18 Å². The third-order valence-electron chi connectivity index (χ3n) is 4.54. The Kier molecular flexibility index (Phi) is 5.06. The summed E-state index contributed by atoms with van der Waals surface area (Å²) in [5.41, 5.74) is 0.140. The predicted octanol–water partition coefficient (Wildman–Crippen LogP) is 3.83. The van der Waals surface area contributed by atoms with Crippen LogP contribution < -0.4 is 10.1 Å². The normalized spacial score (nSPS) is 14.8. The van der Waals surface area contributed by atoms with Crippen LogP contribution in [-0.2, 0) is 6.18 Å². The van der Waals surface area contributed by atoms with Gasteiger partial charge < -0.3 is 9.64 Å². The summed E-state index contributed by atoms with van der Waals surface area (Å²) >= 11 is 0. The van der Waals surface area contributed by atoms with Gasteiger partial charge in [-0.25, -0.2) is 9.97 Å². The molecule has 6 nitrogen and oxygen atoms in total. The van der Waals surface area contributed by atoms with Crippen LogP contribution in [0.3, 0.4) is 0 Å². The molecular weight excluding hydrogens is 385 g/mol. The summed E-state index contributed by atoms with van der Waals surface area (Å²) < 4.78 is 43.4. The lowest BCUT2D eigenvalue weighted by molar-refractivity contribution is -0.137. The molecule has 1 fully saturated rings. The smallest absolute Gasteiger partial charge is 0.417 e. The molecule has 0 unspecified atom stereocenters. The third kappa shape index (κ3) is 4.29. The molecule has 1 aliphatic rings. The molecule has 0 saturated carbocycles. The lowest BCUT2D eigenvalue weighted by Gasteiger charge is -2.27. The number of carbonyl (C=O) groups excluding carboxylic acids is 1. The van der Waals surface area contributed by atoms with E-state index in [0.717, 1.165) is 30.6 Å². The standard InChI is InChI=1S/C20H17F3N4O2/c21-20(22,23)14-3-7-18(25-11-14)29-15-4-6-16-13(10-15)2-5-17(26-16)19(28)27-9-1-8-24-12-27/h2-7,10-11,24H,1,8-9,12H2. The molecule has 0 spiro atoms. The number of carbonyl (C=O) groups is 1. The van der Waals surface area contributed by atoms with E-state index < -0.39 is 11.7 Å². The summed E-state index contributed by atoms with van der Waals surface area (Å²) in [4.78, 5) is 22.4. The number of nitrogens with one attached hydrogen (secondary N) is 1. The van der Waals surface area contributed by atoms with Gasteiger partial charge in [0.1, 0.15) is 11.4 Å². The van der Waals surface area contributed by atoms with Crippen molar-refractivity contribution >= 4 is 16.8 Å². The van der Waals surface area contributed by atoms with Gasteiger partial charge in [-0.05, 0) is 43.3 Å². The fourth-order valence-corrected chi connectivity index (χ4v) is 3.04. The quantitative estimate of drug-likeness (QED) is 0.721. The van der Waals surface area contributed by atoms with Crippen molar-refractivity contribution in [3.63, 3.8) is 0 Å². The largest absolute Gasteiger partial charge is 0.439 e. The highest BCUT2D eigenvalue weighted by Gasteiger charge is 2.30. The van der Waals surface area contributed by atoms with Crippen LogP contribution in [0.1, 0.15) is 22.5 Å². The summed E-state index contributed by atoms with van der Waals surface area (Å²) in [6, 6.07) is 10.5. The lowest BCUT2D eigenvalue weighted by Crippen LogP contribution is -2.45. The van der Waals surface area contributed by atoms with E-state index in [1.165, 1.54) is 6.07 Å². The first-order valence-electron chi connectivity index (χ1n) is 9.02. The van der Waals surface area contributed by atoms with Gasteiger partial charge in [-0.3, -0.25) is 10.1 Å². The lowest BCUT2D eigenvalue weighted by atomic mass is 10.2. The van der Waals surface area contributed by atoms with Crippen molar-refractivity contribution in [2.24, 2.45) is 0 Å². The predicted molar refractivity (Wildman–Crippen MR) is 99.6 cm³/mol. The molecule has 4 rings (SSSR count). The van der Waals surface area contributed by atoms with Crippen LogP contribution in [0.15, 0.2) is 48.7 Å². The molecule has 3 heterocycles. The fraction of sp³-hybridized carbons (Fsp3) is 0.250. The van der Waals surface area contributed by atoms with Gasteiger partial charge in [-0.15, -0.1) is 0 Å². The molecule has 0 atom stereocenters. The Morgan fingerprint density at radius 2 is 2.00 bits per heavy atom. The molecule has 0 aliphatic carbocycles. The number of rotatable bonds is 3. The topological polar surface area (TPSA) is 67.3 Å². The number of hydrogen-bond acceptors (Lipinski definition) is 5. The first-order valence-corrected chi connectivity index (χ1v) is 9.02. The van der Waals surface area contributed by atoms with Crippen LogP contribution in [-0.4, -0.2) is 40.5 Å². The number of fused-ring (bicyclic) bond motifs is 1. The van der Waals surface area contributed by atoms with Gasteiger partial charge in [0.05, 0.1) is 17.7 Å². The van der Waals surface area contributed by atoms with Crippen molar-refractivity contribution in [1.29, 1.82) is 0 Å². The summed E-state index contributed by atoms with van der Waals surface area (Å²) in [6.07, 6.45) is -2.82. The van der Waals surface area contributed by atoms with Crippen molar-refractivity contribution in [3.8, 4) is 11.6 Å². The number of aromatic nitrogens is 2. The zero-order valence-electron chi connectivity index (χ0n) is 15.2. The highest BCUT2D eigenvalue weighted by atomic mass is 19.4. The molecular formula is C20H17F3N4O2. The first-order chi connectivity index (χ1) is 13.9. The van der Waals surface area contributed by atoms with Crippen LogP contribution in [0.25, 0.3) is 10.9 Å². The average Bonchev–Trinajstić information content (AvgIpc) is 2.73. The zero-order valence-corrected chi connectivity index (χ0v) is 15.2. The molecule has 1 aromatic carbocycles.